The van der Waals surface area contributed by atoms with Crippen LogP contribution in [0.5, 0.6) is 0 Å². The second-order valence-corrected chi connectivity index (χ2v) is 6.69. The molecule has 2 rings (SSSR count). The summed E-state index contributed by atoms with van der Waals surface area (Å²) in [5.74, 6) is 0.281. The molecule has 0 spiro atoms. The summed E-state index contributed by atoms with van der Waals surface area (Å²) < 4.78 is 0. The lowest BCUT2D eigenvalue weighted by molar-refractivity contribution is -0.114. The Hall–Kier alpha value is -2.27. The highest BCUT2D eigenvalue weighted by Crippen LogP contribution is 2.15. The van der Waals surface area contributed by atoms with Crippen LogP contribution >= 0.6 is 11.8 Å². The first-order valence-electron chi connectivity index (χ1n) is 7.76. The zero-order valence-electron chi connectivity index (χ0n) is 14.2. The molecule has 2 aromatic carbocycles. The predicted octanol–water partition coefficient (Wildman–Crippen LogP) is 3.92. The molecule has 126 valence electrons. The molecule has 0 fully saturated rings. The lowest BCUT2D eigenvalue weighted by Crippen LogP contribution is -2.18. The van der Waals surface area contributed by atoms with Gasteiger partial charge < -0.3 is 10.6 Å². The summed E-state index contributed by atoms with van der Waals surface area (Å²) in [7, 11) is 0. The molecular weight excluding hydrogens is 320 g/mol. The van der Waals surface area contributed by atoms with Crippen molar-refractivity contribution in [3.05, 3.63) is 59.2 Å². The number of amides is 2. The van der Waals surface area contributed by atoms with E-state index >= 15 is 0 Å². The van der Waals surface area contributed by atoms with Gasteiger partial charge in [-0.2, -0.15) is 0 Å². The number of thioether (sulfide) groups is 1. The maximum Gasteiger partial charge on any atom is 0.234 e. The van der Waals surface area contributed by atoms with E-state index in [2.05, 4.69) is 10.6 Å². The van der Waals surface area contributed by atoms with Crippen LogP contribution in [0.3, 0.4) is 0 Å². The largest absolute Gasteiger partial charge is 0.325 e. The number of hydrogen-bond acceptors (Lipinski definition) is 3. The third-order valence-electron chi connectivity index (χ3n) is 3.68. The molecule has 0 heterocycles. The van der Waals surface area contributed by atoms with Crippen LogP contribution in [0, 0.1) is 20.8 Å². The van der Waals surface area contributed by atoms with Gasteiger partial charge in [-0.3, -0.25) is 9.59 Å². The lowest BCUT2D eigenvalue weighted by atomic mass is 10.1. The van der Waals surface area contributed by atoms with Crippen molar-refractivity contribution in [3.8, 4) is 0 Å². The molecule has 2 aromatic rings. The molecule has 4 nitrogen and oxygen atoms in total. The zero-order chi connectivity index (χ0) is 17.5. The molecule has 0 saturated carbocycles. The topological polar surface area (TPSA) is 58.2 Å². The minimum Gasteiger partial charge on any atom is -0.325 e. The standard InChI is InChI=1S/C19H22N2O2S/c1-13-8-9-16(10-15(13)3)20-18(22)11-24-12-19(23)21-17-7-5-4-6-14(17)2/h4-10H,11-12H2,1-3H3,(H,20,22)(H,21,23). The van der Waals surface area contributed by atoms with Crippen LogP contribution in [0.25, 0.3) is 0 Å². The Morgan fingerprint density at radius 2 is 1.50 bits per heavy atom. The monoisotopic (exact) mass is 342 g/mol. The summed E-state index contributed by atoms with van der Waals surface area (Å²) in [5, 5.41) is 5.71. The molecular formula is C19H22N2O2S. The van der Waals surface area contributed by atoms with Gasteiger partial charge in [-0.1, -0.05) is 24.3 Å². The van der Waals surface area contributed by atoms with E-state index in [0.29, 0.717) is 0 Å². The molecule has 0 aliphatic rings. The fraction of sp³-hybridized carbons (Fsp3) is 0.263. The summed E-state index contributed by atoms with van der Waals surface area (Å²) in [5.41, 5.74) is 4.94. The van der Waals surface area contributed by atoms with Crippen molar-refractivity contribution in [3.63, 3.8) is 0 Å². The van der Waals surface area contributed by atoms with Gasteiger partial charge in [0.15, 0.2) is 0 Å². The summed E-state index contributed by atoms with van der Waals surface area (Å²) >= 11 is 1.30. The molecule has 0 atom stereocenters. The number of hydrogen-bond donors (Lipinski definition) is 2. The highest BCUT2D eigenvalue weighted by molar-refractivity contribution is 8.00. The summed E-state index contributed by atoms with van der Waals surface area (Å²) in [6.07, 6.45) is 0. The Morgan fingerprint density at radius 1 is 0.833 bits per heavy atom. The Morgan fingerprint density at radius 3 is 2.17 bits per heavy atom. The van der Waals surface area contributed by atoms with Gasteiger partial charge in [0.05, 0.1) is 11.5 Å². The molecule has 0 bridgehead atoms. The highest BCUT2D eigenvalue weighted by atomic mass is 32.2. The molecule has 0 aliphatic carbocycles. The Kier molecular flexibility index (Phi) is 6.44. The lowest BCUT2D eigenvalue weighted by Gasteiger charge is -2.09. The third kappa shape index (κ3) is 5.42. The van der Waals surface area contributed by atoms with Crippen LogP contribution in [0.1, 0.15) is 16.7 Å². The predicted molar refractivity (Wildman–Crippen MR) is 102 cm³/mol. The number of para-hydroxylation sites is 1. The first-order chi connectivity index (χ1) is 11.5. The molecule has 2 N–H and O–H groups in total. The normalized spacial score (nSPS) is 10.3. The average Bonchev–Trinajstić information content (AvgIpc) is 2.53. The van der Waals surface area contributed by atoms with E-state index in [1.165, 1.54) is 17.3 Å². The SMILES string of the molecule is Cc1ccc(NC(=O)CSCC(=O)Nc2ccccc2C)cc1C. The fourth-order valence-corrected chi connectivity index (χ4v) is 2.77. The molecule has 2 amide bonds. The molecule has 0 saturated heterocycles. The number of nitrogens with one attached hydrogen (secondary N) is 2. The molecule has 24 heavy (non-hydrogen) atoms. The number of anilines is 2. The highest BCUT2D eigenvalue weighted by Gasteiger charge is 2.08. The third-order valence-corrected chi connectivity index (χ3v) is 4.61. The molecule has 0 radical (unpaired) electrons. The van der Waals surface area contributed by atoms with Crippen LogP contribution in [-0.2, 0) is 9.59 Å². The van der Waals surface area contributed by atoms with Crippen LogP contribution in [0.15, 0.2) is 42.5 Å². The van der Waals surface area contributed by atoms with Crippen LogP contribution in [-0.4, -0.2) is 23.3 Å². The van der Waals surface area contributed by atoms with Crippen molar-refractivity contribution >= 4 is 35.0 Å². The minimum absolute atomic E-state index is 0.103. The van der Waals surface area contributed by atoms with E-state index in [1.807, 2.05) is 63.2 Å². The van der Waals surface area contributed by atoms with E-state index in [1.54, 1.807) is 0 Å². The van der Waals surface area contributed by atoms with Crippen LogP contribution in [0.2, 0.25) is 0 Å². The number of carbonyl (C=O) groups is 2. The number of benzene rings is 2. The zero-order valence-corrected chi connectivity index (χ0v) is 15.0. The van der Waals surface area contributed by atoms with Crippen molar-refractivity contribution in [2.45, 2.75) is 20.8 Å². The first kappa shape index (κ1) is 18.1. The second kappa shape index (κ2) is 8.55. The second-order valence-electron chi connectivity index (χ2n) is 5.70. The average molecular weight is 342 g/mol. The van der Waals surface area contributed by atoms with Gasteiger partial charge in [-0.15, -0.1) is 11.8 Å². The summed E-state index contributed by atoms with van der Waals surface area (Å²) in [4.78, 5) is 23.9. The molecule has 0 unspecified atom stereocenters. The summed E-state index contributed by atoms with van der Waals surface area (Å²) in [6.45, 7) is 5.99. The first-order valence-corrected chi connectivity index (χ1v) is 8.91. The van der Waals surface area contributed by atoms with Crippen molar-refractivity contribution in [1.82, 2.24) is 0 Å². The van der Waals surface area contributed by atoms with Crippen LogP contribution < -0.4 is 10.6 Å². The van der Waals surface area contributed by atoms with Gasteiger partial charge in [0, 0.05) is 11.4 Å². The number of rotatable bonds is 6. The van der Waals surface area contributed by atoms with Crippen molar-refractivity contribution in [1.29, 1.82) is 0 Å². The maximum atomic E-state index is 11.9. The van der Waals surface area contributed by atoms with Crippen molar-refractivity contribution in [2.75, 3.05) is 22.1 Å². The molecule has 5 heteroatoms. The Balaban J connectivity index is 1.75. The van der Waals surface area contributed by atoms with Gasteiger partial charge >= 0.3 is 0 Å². The van der Waals surface area contributed by atoms with Crippen molar-refractivity contribution < 1.29 is 9.59 Å². The maximum absolute atomic E-state index is 11.9. The van der Waals surface area contributed by atoms with E-state index < -0.39 is 0 Å². The van der Waals surface area contributed by atoms with Gasteiger partial charge in [0.1, 0.15) is 0 Å². The Bertz CT molecular complexity index is 744. The molecule has 0 aliphatic heterocycles. The summed E-state index contributed by atoms with van der Waals surface area (Å²) in [6, 6.07) is 13.4. The van der Waals surface area contributed by atoms with E-state index in [-0.39, 0.29) is 23.3 Å². The van der Waals surface area contributed by atoms with E-state index in [9.17, 15) is 9.59 Å². The van der Waals surface area contributed by atoms with Gasteiger partial charge in [-0.25, -0.2) is 0 Å². The fourth-order valence-electron chi connectivity index (χ4n) is 2.15. The van der Waals surface area contributed by atoms with Crippen LogP contribution in [0.4, 0.5) is 11.4 Å². The quantitative estimate of drug-likeness (QED) is 0.836. The van der Waals surface area contributed by atoms with Crippen molar-refractivity contribution in [2.24, 2.45) is 0 Å². The molecule has 0 aromatic heterocycles. The van der Waals surface area contributed by atoms with Gasteiger partial charge in [-0.05, 0) is 55.7 Å². The number of aryl methyl sites for hydroxylation is 3. The number of carbonyl (C=O) groups excluding carboxylic acids is 2. The van der Waals surface area contributed by atoms with E-state index in [0.717, 1.165) is 22.5 Å². The minimum atomic E-state index is -0.105. The van der Waals surface area contributed by atoms with Gasteiger partial charge in [0.2, 0.25) is 11.8 Å². The van der Waals surface area contributed by atoms with E-state index in [4.69, 9.17) is 0 Å². The smallest absolute Gasteiger partial charge is 0.234 e. The van der Waals surface area contributed by atoms with Gasteiger partial charge in [0.25, 0.3) is 0 Å². The Labute approximate surface area is 147 Å².